The van der Waals surface area contributed by atoms with Crippen molar-refractivity contribution < 1.29 is 8.78 Å². The van der Waals surface area contributed by atoms with Gasteiger partial charge in [-0.3, -0.25) is 0 Å². The maximum atomic E-state index is 13.9. The SMILES string of the molecule is Fc1c(Cl)c(C(Cl)(Cl)Cl)c(F)c(Cl)c1C(Cl)(Cl)Cl. The number of benzene rings is 1. The summed E-state index contributed by atoms with van der Waals surface area (Å²) < 4.78 is 23.2. The molecule has 0 aliphatic carbocycles. The van der Waals surface area contributed by atoms with E-state index in [0.29, 0.717) is 0 Å². The highest BCUT2D eigenvalue weighted by Gasteiger charge is 2.40. The van der Waals surface area contributed by atoms with Crippen molar-refractivity contribution in [2.24, 2.45) is 0 Å². The van der Waals surface area contributed by atoms with Gasteiger partial charge in [-0.1, -0.05) is 92.8 Å². The lowest BCUT2D eigenvalue weighted by molar-refractivity contribution is 0.577. The zero-order chi connectivity index (χ0) is 14.5. The summed E-state index contributed by atoms with van der Waals surface area (Å²) in [5.41, 5.74) is -1.51. The summed E-state index contributed by atoms with van der Waals surface area (Å²) in [6.07, 6.45) is 0. The predicted octanol–water partition coefficient (Wildman–Crippen LogP) is 6.92. The summed E-state index contributed by atoms with van der Waals surface area (Å²) in [4.78, 5) is 0. The molecule has 0 amide bonds. The second kappa shape index (κ2) is 5.65. The first-order valence-electron chi connectivity index (χ1n) is 3.89. The smallest absolute Gasteiger partial charge is 0.205 e. The number of hydrogen-bond acceptors (Lipinski definition) is 0. The Hall–Kier alpha value is 1.40. The highest BCUT2D eigenvalue weighted by atomic mass is 35.6. The van der Waals surface area contributed by atoms with Crippen LogP contribution in [0.25, 0.3) is 0 Å². The Kier molecular flexibility index (Phi) is 5.48. The van der Waals surface area contributed by atoms with Crippen LogP contribution in [-0.2, 0) is 7.59 Å². The first-order chi connectivity index (χ1) is 7.89. The van der Waals surface area contributed by atoms with Gasteiger partial charge in [0.05, 0.1) is 21.2 Å². The molecule has 0 N–H and O–H groups in total. The average Bonchev–Trinajstić information content (AvgIpc) is 2.10. The fraction of sp³-hybridized carbons (Fsp3) is 0.250. The molecule has 0 atom stereocenters. The van der Waals surface area contributed by atoms with Crippen molar-refractivity contribution in [1.29, 1.82) is 0 Å². The molecule has 0 bridgehead atoms. The molecule has 0 spiro atoms. The van der Waals surface area contributed by atoms with E-state index in [4.69, 9.17) is 92.8 Å². The molecular weight excluding hydrogens is 418 g/mol. The first kappa shape index (κ1) is 17.5. The minimum absolute atomic E-state index is 0.755. The largest absolute Gasteiger partial charge is 0.220 e. The van der Waals surface area contributed by atoms with Crippen LogP contribution in [0.2, 0.25) is 10.0 Å². The van der Waals surface area contributed by atoms with Crippen LogP contribution in [0.4, 0.5) is 8.78 Å². The quantitative estimate of drug-likeness (QED) is 0.317. The summed E-state index contributed by atoms with van der Waals surface area (Å²) in [6, 6.07) is 0. The summed E-state index contributed by atoms with van der Waals surface area (Å²) in [5, 5.41) is -1.64. The Labute approximate surface area is 141 Å². The average molecular weight is 418 g/mol. The van der Waals surface area contributed by atoms with E-state index in [-0.39, 0.29) is 0 Å². The van der Waals surface area contributed by atoms with Crippen LogP contribution < -0.4 is 0 Å². The van der Waals surface area contributed by atoms with Crippen molar-refractivity contribution >= 4 is 92.8 Å². The van der Waals surface area contributed by atoms with Gasteiger partial charge < -0.3 is 0 Å². The molecule has 0 aliphatic rings. The summed E-state index contributed by atoms with van der Waals surface area (Å²) in [7, 11) is 0. The molecule has 0 heterocycles. The van der Waals surface area contributed by atoms with Crippen LogP contribution >= 0.6 is 92.8 Å². The summed E-state index contributed by atoms with van der Waals surface area (Å²) >= 11 is 43.9. The lowest BCUT2D eigenvalue weighted by atomic mass is 10.1. The molecule has 1 aromatic rings. The Morgan fingerprint density at radius 2 is 0.833 bits per heavy atom. The number of hydrogen-bond donors (Lipinski definition) is 0. The molecule has 0 saturated heterocycles. The normalized spacial score (nSPS) is 13.0. The molecule has 18 heavy (non-hydrogen) atoms. The van der Waals surface area contributed by atoms with E-state index in [2.05, 4.69) is 0 Å². The number of rotatable bonds is 0. The van der Waals surface area contributed by atoms with Gasteiger partial charge in [-0.2, -0.15) is 0 Å². The predicted molar refractivity (Wildman–Crippen MR) is 74.9 cm³/mol. The van der Waals surface area contributed by atoms with Crippen molar-refractivity contribution in [3.05, 3.63) is 32.8 Å². The van der Waals surface area contributed by atoms with Gasteiger partial charge in [0.25, 0.3) is 0 Å². The van der Waals surface area contributed by atoms with Gasteiger partial charge in [0.2, 0.25) is 7.59 Å². The zero-order valence-corrected chi connectivity index (χ0v) is 13.8. The molecule has 1 aromatic carbocycles. The van der Waals surface area contributed by atoms with Gasteiger partial charge in [-0.25, -0.2) is 8.78 Å². The molecule has 0 saturated carbocycles. The van der Waals surface area contributed by atoms with Crippen molar-refractivity contribution in [1.82, 2.24) is 0 Å². The molecule has 0 unspecified atom stereocenters. The second-order valence-electron chi connectivity index (χ2n) is 3.00. The minimum atomic E-state index is -2.32. The molecule has 0 nitrogen and oxygen atoms in total. The van der Waals surface area contributed by atoms with Crippen molar-refractivity contribution in [3.63, 3.8) is 0 Å². The third-order valence-corrected chi connectivity index (χ3v) is 3.67. The van der Waals surface area contributed by atoms with Crippen molar-refractivity contribution in [3.8, 4) is 0 Å². The van der Waals surface area contributed by atoms with E-state index in [1.807, 2.05) is 0 Å². The van der Waals surface area contributed by atoms with Crippen LogP contribution in [-0.4, -0.2) is 0 Å². The molecule has 0 radical (unpaired) electrons. The minimum Gasteiger partial charge on any atom is -0.205 e. The van der Waals surface area contributed by atoms with Crippen LogP contribution in [0.5, 0.6) is 0 Å². The van der Waals surface area contributed by atoms with Gasteiger partial charge in [0.1, 0.15) is 0 Å². The van der Waals surface area contributed by atoms with Crippen LogP contribution in [0, 0.1) is 11.6 Å². The van der Waals surface area contributed by atoms with Gasteiger partial charge in [-0.05, 0) is 0 Å². The maximum Gasteiger partial charge on any atom is 0.220 e. The van der Waals surface area contributed by atoms with Crippen molar-refractivity contribution in [2.75, 3.05) is 0 Å². The third kappa shape index (κ3) is 3.35. The van der Waals surface area contributed by atoms with Gasteiger partial charge in [-0.15, -0.1) is 0 Å². The van der Waals surface area contributed by atoms with E-state index in [0.717, 1.165) is 0 Å². The van der Waals surface area contributed by atoms with Gasteiger partial charge in [0.15, 0.2) is 11.6 Å². The van der Waals surface area contributed by atoms with Crippen LogP contribution in [0.15, 0.2) is 0 Å². The van der Waals surface area contributed by atoms with Gasteiger partial charge in [0, 0.05) is 0 Å². The molecule has 0 fully saturated rings. The molecule has 102 valence electrons. The topological polar surface area (TPSA) is 0 Å². The Bertz CT molecular complexity index is 413. The summed E-state index contributed by atoms with van der Waals surface area (Å²) in [6.45, 7) is 0. The fourth-order valence-corrected chi connectivity index (χ4v) is 3.12. The Morgan fingerprint density at radius 3 is 1.00 bits per heavy atom. The zero-order valence-electron chi connectivity index (χ0n) is 7.78. The van der Waals surface area contributed by atoms with E-state index in [1.165, 1.54) is 0 Å². The van der Waals surface area contributed by atoms with Crippen LogP contribution in [0.3, 0.4) is 0 Å². The second-order valence-corrected chi connectivity index (χ2v) is 8.32. The highest BCUT2D eigenvalue weighted by molar-refractivity contribution is 6.68. The molecular formula is C8Cl8F2. The van der Waals surface area contributed by atoms with E-state index in [9.17, 15) is 8.78 Å². The molecule has 0 aliphatic heterocycles. The Balaban J connectivity index is 3.79. The molecule has 10 heteroatoms. The lowest BCUT2D eigenvalue weighted by Crippen LogP contribution is -2.14. The van der Waals surface area contributed by atoms with Gasteiger partial charge >= 0.3 is 0 Å². The van der Waals surface area contributed by atoms with E-state index < -0.39 is 40.4 Å². The maximum absolute atomic E-state index is 13.9. The number of halogens is 10. The standard InChI is InChI=1S/C8Cl8F2/c9-3-1(7(11,12)13)5(17)4(10)2(6(3)18)8(14,15)16. The third-order valence-electron chi connectivity index (χ3n) is 1.83. The fourth-order valence-electron chi connectivity index (χ4n) is 1.13. The first-order valence-corrected chi connectivity index (χ1v) is 6.91. The molecule has 0 aromatic heterocycles. The van der Waals surface area contributed by atoms with Crippen molar-refractivity contribution in [2.45, 2.75) is 7.59 Å². The summed E-state index contributed by atoms with van der Waals surface area (Å²) in [5.74, 6) is -2.55. The monoisotopic (exact) mass is 414 g/mol. The Morgan fingerprint density at radius 1 is 0.611 bits per heavy atom. The number of alkyl halides is 6. The van der Waals surface area contributed by atoms with E-state index in [1.54, 1.807) is 0 Å². The molecule has 1 rings (SSSR count). The van der Waals surface area contributed by atoms with E-state index >= 15 is 0 Å². The van der Waals surface area contributed by atoms with Crippen LogP contribution in [0.1, 0.15) is 11.1 Å². The lowest BCUT2D eigenvalue weighted by Gasteiger charge is -2.21. The highest BCUT2D eigenvalue weighted by Crippen LogP contribution is 2.51.